The molecule has 0 radical (unpaired) electrons. The third kappa shape index (κ3) is 3.47. The summed E-state index contributed by atoms with van der Waals surface area (Å²) in [4.78, 5) is 2.56. The molecule has 2 nitrogen and oxygen atoms in total. The highest BCUT2D eigenvalue weighted by Gasteiger charge is 2.30. The zero-order valence-electron chi connectivity index (χ0n) is 12.3. The molecule has 110 valence electrons. The first-order valence-electron chi connectivity index (χ1n) is 7.53. The fourth-order valence-corrected chi connectivity index (χ4v) is 3.42. The molecule has 1 N–H and O–H groups in total. The minimum Gasteiger partial charge on any atom is -0.380 e. The molecule has 1 saturated heterocycles. The number of likely N-dealkylation sites (tertiary alicyclic amines) is 1. The third-order valence-electron chi connectivity index (χ3n) is 4.33. The molecule has 0 amide bonds. The first kappa shape index (κ1) is 14.6. The highest BCUT2D eigenvalue weighted by Crippen LogP contribution is 2.27. The van der Waals surface area contributed by atoms with E-state index in [1.54, 1.807) is 0 Å². The van der Waals surface area contributed by atoms with E-state index in [2.05, 4.69) is 87.7 Å². The Morgan fingerprint density at radius 2 is 1.81 bits per heavy atom. The Labute approximate surface area is 135 Å². The van der Waals surface area contributed by atoms with Gasteiger partial charge in [-0.2, -0.15) is 0 Å². The van der Waals surface area contributed by atoms with Crippen molar-refractivity contribution in [1.29, 1.82) is 0 Å². The molecule has 2 unspecified atom stereocenters. The van der Waals surface area contributed by atoms with E-state index >= 15 is 0 Å². The van der Waals surface area contributed by atoms with Gasteiger partial charge in [-0.1, -0.05) is 42.5 Å². The Balaban J connectivity index is 1.64. The summed E-state index contributed by atoms with van der Waals surface area (Å²) < 4.78 is 1.14. The number of hydrogen-bond donors (Lipinski definition) is 1. The zero-order valence-corrected chi connectivity index (χ0v) is 13.9. The molecule has 0 spiro atoms. The summed E-state index contributed by atoms with van der Waals surface area (Å²) in [6.07, 6.45) is 1.19. The second kappa shape index (κ2) is 6.63. The minimum absolute atomic E-state index is 0.507. The molecule has 2 atom stereocenters. The fraction of sp³-hybridized carbons (Fsp3) is 0.333. The maximum absolute atomic E-state index is 3.69. The van der Waals surface area contributed by atoms with Gasteiger partial charge >= 0.3 is 0 Å². The molecule has 1 heterocycles. The van der Waals surface area contributed by atoms with Gasteiger partial charge in [0, 0.05) is 35.3 Å². The molecule has 0 aliphatic carbocycles. The monoisotopic (exact) mass is 344 g/mol. The first-order chi connectivity index (χ1) is 10.2. The van der Waals surface area contributed by atoms with Crippen LogP contribution >= 0.6 is 15.9 Å². The molecular weight excluding hydrogens is 324 g/mol. The molecule has 3 heteroatoms. The Morgan fingerprint density at radius 1 is 1.10 bits per heavy atom. The minimum atomic E-state index is 0.507. The van der Waals surface area contributed by atoms with E-state index in [0.717, 1.165) is 17.6 Å². The molecule has 1 fully saturated rings. The Bertz CT molecular complexity index is 585. The standard InChI is InChI=1S/C18H21BrN2/c1-14-17(20-18-10-6-5-9-16(18)19)11-12-21(14)13-15-7-3-2-4-8-15/h2-10,14,17,20H,11-13H2,1H3. The second-order valence-electron chi connectivity index (χ2n) is 5.72. The maximum atomic E-state index is 3.69. The molecule has 0 saturated carbocycles. The molecule has 21 heavy (non-hydrogen) atoms. The number of halogens is 1. The largest absolute Gasteiger partial charge is 0.380 e. The van der Waals surface area contributed by atoms with Crippen molar-refractivity contribution in [3.8, 4) is 0 Å². The van der Waals surface area contributed by atoms with Crippen LogP contribution in [0.4, 0.5) is 5.69 Å². The van der Waals surface area contributed by atoms with Crippen molar-refractivity contribution >= 4 is 21.6 Å². The van der Waals surface area contributed by atoms with Crippen LogP contribution in [0.1, 0.15) is 18.9 Å². The van der Waals surface area contributed by atoms with E-state index in [1.165, 1.54) is 17.7 Å². The highest BCUT2D eigenvalue weighted by molar-refractivity contribution is 9.10. The van der Waals surface area contributed by atoms with Gasteiger partial charge < -0.3 is 5.32 Å². The van der Waals surface area contributed by atoms with Gasteiger partial charge in [0.2, 0.25) is 0 Å². The van der Waals surface area contributed by atoms with Crippen LogP contribution in [0.15, 0.2) is 59.1 Å². The van der Waals surface area contributed by atoms with Gasteiger partial charge in [-0.15, -0.1) is 0 Å². The SMILES string of the molecule is CC1C(Nc2ccccc2Br)CCN1Cc1ccccc1. The third-order valence-corrected chi connectivity index (χ3v) is 5.02. The lowest BCUT2D eigenvalue weighted by molar-refractivity contribution is 0.255. The number of rotatable bonds is 4. The average molecular weight is 345 g/mol. The normalized spacial score (nSPS) is 22.4. The van der Waals surface area contributed by atoms with Crippen LogP contribution in [0.2, 0.25) is 0 Å². The van der Waals surface area contributed by atoms with Crippen molar-refractivity contribution in [3.05, 3.63) is 64.6 Å². The lowest BCUT2D eigenvalue weighted by Gasteiger charge is -2.26. The summed E-state index contributed by atoms with van der Waals surface area (Å²) in [5, 5.41) is 3.69. The van der Waals surface area contributed by atoms with Gasteiger partial charge in [0.05, 0.1) is 0 Å². The van der Waals surface area contributed by atoms with Gasteiger partial charge in [-0.3, -0.25) is 4.90 Å². The van der Waals surface area contributed by atoms with Crippen LogP contribution < -0.4 is 5.32 Å². The number of nitrogens with one attached hydrogen (secondary N) is 1. The summed E-state index contributed by atoms with van der Waals surface area (Å²) in [6.45, 7) is 4.51. The van der Waals surface area contributed by atoms with Crippen LogP contribution in [0, 0.1) is 0 Å². The van der Waals surface area contributed by atoms with E-state index in [4.69, 9.17) is 0 Å². The zero-order chi connectivity index (χ0) is 14.7. The predicted octanol–water partition coefficient (Wildman–Crippen LogP) is 4.52. The van der Waals surface area contributed by atoms with E-state index in [1.807, 2.05) is 0 Å². The van der Waals surface area contributed by atoms with Crippen molar-refractivity contribution in [1.82, 2.24) is 4.90 Å². The van der Waals surface area contributed by atoms with Gasteiger partial charge in [-0.05, 0) is 47.0 Å². The van der Waals surface area contributed by atoms with E-state index in [9.17, 15) is 0 Å². The Hall–Kier alpha value is -1.32. The van der Waals surface area contributed by atoms with E-state index in [-0.39, 0.29) is 0 Å². The van der Waals surface area contributed by atoms with Gasteiger partial charge in [-0.25, -0.2) is 0 Å². The molecule has 1 aliphatic heterocycles. The van der Waals surface area contributed by atoms with Crippen molar-refractivity contribution < 1.29 is 0 Å². The molecule has 2 aromatic rings. The molecule has 0 aromatic heterocycles. The van der Waals surface area contributed by atoms with Crippen molar-refractivity contribution in [3.63, 3.8) is 0 Å². The molecule has 0 bridgehead atoms. The quantitative estimate of drug-likeness (QED) is 0.876. The average Bonchev–Trinajstić information content (AvgIpc) is 2.84. The lowest BCUT2D eigenvalue weighted by Crippen LogP contribution is -2.35. The van der Waals surface area contributed by atoms with Crippen LogP contribution in [0.3, 0.4) is 0 Å². The summed E-state index contributed by atoms with van der Waals surface area (Å²) in [7, 11) is 0. The summed E-state index contributed by atoms with van der Waals surface area (Å²) in [5.41, 5.74) is 2.59. The van der Waals surface area contributed by atoms with Gasteiger partial charge in [0.25, 0.3) is 0 Å². The predicted molar refractivity (Wildman–Crippen MR) is 92.5 cm³/mol. The highest BCUT2D eigenvalue weighted by atomic mass is 79.9. The topological polar surface area (TPSA) is 15.3 Å². The van der Waals surface area contributed by atoms with E-state index in [0.29, 0.717) is 12.1 Å². The fourth-order valence-electron chi connectivity index (χ4n) is 3.02. The van der Waals surface area contributed by atoms with Crippen molar-refractivity contribution in [2.24, 2.45) is 0 Å². The lowest BCUT2D eigenvalue weighted by atomic mass is 10.1. The smallest absolute Gasteiger partial charge is 0.0487 e. The Kier molecular flexibility index (Phi) is 4.61. The molecule has 3 rings (SSSR count). The van der Waals surface area contributed by atoms with Gasteiger partial charge in [0.1, 0.15) is 0 Å². The number of anilines is 1. The van der Waals surface area contributed by atoms with Crippen LogP contribution in [-0.4, -0.2) is 23.5 Å². The maximum Gasteiger partial charge on any atom is 0.0487 e. The Morgan fingerprint density at radius 3 is 2.57 bits per heavy atom. The first-order valence-corrected chi connectivity index (χ1v) is 8.32. The molecule has 1 aliphatic rings. The van der Waals surface area contributed by atoms with Gasteiger partial charge in [0.15, 0.2) is 0 Å². The summed E-state index contributed by atoms with van der Waals surface area (Å²) in [6, 6.07) is 20.1. The molecule has 2 aromatic carbocycles. The number of nitrogens with zero attached hydrogens (tertiary/aromatic N) is 1. The molecular formula is C18H21BrN2. The number of para-hydroxylation sites is 1. The van der Waals surface area contributed by atoms with Crippen LogP contribution in [0.25, 0.3) is 0 Å². The number of benzene rings is 2. The van der Waals surface area contributed by atoms with Crippen molar-refractivity contribution in [2.75, 3.05) is 11.9 Å². The van der Waals surface area contributed by atoms with Crippen LogP contribution in [0.5, 0.6) is 0 Å². The second-order valence-corrected chi connectivity index (χ2v) is 6.57. The summed E-state index contributed by atoms with van der Waals surface area (Å²) in [5.74, 6) is 0. The van der Waals surface area contributed by atoms with E-state index < -0.39 is 0 Å². The van der Waals surface area contributed by atoms with Crippen LogP contribution in [-0.2, 0) is 6.54 Å². The summed E-state index contributed by atoms with van der Waals surface area (Å²) >= 11 is 3.62. The number of hydrogen-bond acceptors (Lipinski definition) is 2. The van der Waals surface area contributed by atoms with Crippen molar-refractivity contribution in [2.45, 2.75) is 32.0 Å².